The lowest BCUT2D eigenvalue weighted by molar-refractivity contribution is -0.115. The fourth-order valence-electron chi connectivity index (χ4n) is 2.35. The van der Waals surface area contributed by atoms with Crippen molar-refractivity contribution in [3.05, 3.63) is 64.7 Å². The van der Waals surface area contributed by atoms with Gasteiger partial charge in [0.2, 0.25) is 5.91 Å². The minimum atomic E-state index is -0.462. The number of hydrogen-bond donors (Lipinski definition) is 3. The molecule has 2 rings (SSSR count). The third-order valence-corrected chi connectivity index (χ3v) is 4.54. The van der Waals surface area contributed by atoms with Crippen molar-refractivity contribution in [3.8, 4) is 0 Å². The molecule has 7 nitrogen and oxygen atoms in total. The number of anilines is 1. The Kier molecular flexibility index (Phi) is 8.03. The van der Waals surface area contributed by atoms with Crippen molar-refractivity contribution in [2.75, 3.05) is 18.9 Å². The molecule has 0 bridgehead atoms. The standard InChI is InChI=1S/C21H25ClN4O3/c1-14(2)26(3)20(28)16-6-4-15(5-7-16)12-23-21(29)24-13-19(27)25-18-10-8-17(22)9-11-18/h4-11,14H,12-13H2,1-3H3,(H,25,27)(H2,23,24,29). The summed E-state index contributed by atoms with van der Waals surface area (Å²) < 4.78 is 0. The first kappa shape index (κ1) is 22.2. The predicted octanol–water partition coefficient (Wildman–Crippen LogP) is 3.26. The van der Waals surface area contributed by atoms with Gasteiger partial charge in [-0.1, -0.05) is 23.7 Å². The highest BCUT2D eigenvalue weighted by Gasteiger charge is 2.14. The molecule has 0 atom stereocenters. The molecular weight excluding hydrogens is 392 g/mol. The van der Waals surface area contributed by atoms with E-state index in [1.807, 2.05) is 13.8 Å². The van der Waals surface area contributed by atoms with Gasteiger partial charge in [0, 0.05) is 35.9 Å². The van der Waals surface area contributed by atoms with Crippen LogP contribution in [0, 0.1) is 0 Å². The number of nitrogens with zero attached hydrogens (tertiary/aromatic N) is 1. The Morgan fingerprint density at radius 1 is 0.966 bits per heavy atom. The molecule has 0 aliphatic heterocycles. The molecule has 0 saturated carbocycles. The van der Waals surface area contributed by atoms with Crippen LogP contribution < -0.4 is 16.0 Å². The van der Waals surface area contributed by atoms with E-state index in [1.54, 1.807) is 60.5 Å². The fourth-order valence-corrected chi connectivity index (χ4v) is 2.47. The molecule has 2 aromatic rings. The molecule has 0 radical (unpaired) electrons. The van der Waals surface area contributed by atoms with Crippen molar-refractivity contribution in [1.29, 1.82) is 0 Å². The molecule has 0 aliphatic carbocycles. The minimum Gasteiger partial charge on any atom is -0.339 e. The zero-order valence-electron chi connectivity index (χ0n) is 16.7. The van der Waals surface area contributed by atoms with E-state index < -0.39 is 6.03 Å². The van der Waals surface area contributed by atoms with E-state index in [-0.39, 0.29) is 30.9 Å². The van der Waals surface area contributed by atoms with Gasteiger partial charge in [-0.05, 0) is 55.8 Å². The van der Waals surface area contributed by atoms with E-state index in [4.69, 9.17) is 11.6 Å². The second kappa shape index (κ2) is 10.5. The van der Waals surface area contributed by atoms with Crippen molar-refractivity contribution in [2.45, 2.75) is 26.4 Å². The Balaban J connectivity index is 1.75. The van der Waals surface area contributed by atoms with Crippen LogP contribution in [0.2, 0.25) is 5.02 Å². The van der Waals surface area contributed by atoms with Gasteiger partial charge < -0.3 is 20.9 Å². The van der Waals surface area contributed by atoms with Gasteiger partial charge in [0.25, 0.3) is 5.91 Å². The first-order valence-corrected chi connectivity index (χ1v) is 9.57. The molecule has 0 aromatic heterocycles. The minimum absolute atomic E-state index is 0.0519. The number of halogens is 1. The second-order valence-electron chi connectivity index (χ2n) is 6.80. The molecule has 0 saturated heterocycles. The van der Waals surface area contributed by atoms with Gasteiger partial charge in [-0.2, -0.15) is 0 Å². The molecule has 0 aliphatic rings. The Bertz CT molecular complexity index is 851. The monoisotopic (exact) mass is 416 g/mol. The van der Waals surface area contributed by atoms with E-state index in [9.17, 15) is 14.4 Å². The smallest absolute Gasteiger partial charge is 0.315 e. The molecule has 2 aromatic carbocycles. The second-order valence-corrected chi connectivity index (χ2v) is 7.23. The van der Waals surface area contributed by atoms with Gasteiger partial charge in [-0.3, -0.25) is 9.59 Å². The van der Waals surface area contributed by atoms with E-state index >= 15 is 0 Å². The van der Waals surface area contributed by atoms with Crippen LogP contribution in [-0.2, 0) is 11.3 Å². The summed E-state index contributed by atoms with van der Waals surface area (Å²) >= 11 is 5.79. The largest absolute Gasteiger partial charge is 0.339 e. The highest BCUT2D eigenvalue weighted by Crippen LogP contribution is 2.13. The first-order chi connectivity index (χ1) is 13.8. The quantitative estimate of drug-likeness (QED) is 0.647. The third-order valence-electron chi connectivity index (χ3n) is 4.29. The van der Waals surface area contributed by atoms with E-state index in [2.05, 4.69) is 16.0 Å². The third kappa shape index (κ3) is 7.12. The van der Waals surface area contributed by atoms with Crippen LogP contribution in [0.25, 0.3) is 0 Å². The van der Waals surface area contributed by atoms with Crippen LogP contribution >= 0.6 is 11.6 Å². The average molecular weight is 417 g/mol. The summed E-state index contributed by atoms with van der Waals surface area (Å²) in [4.78, 5) is 37.7. The highest BCUT2D eigenvalue weighted by molar-refractivity contribution is 6.30. The van der Waals surface area contributed by atoms with Crippen LogP contribution in [-0.4, -0.2) is 42.4 Å². The molecule has 154 valence electrons. The number of carbonyl (C=O) groups excluding carboxylic acids is 3. The maximum absolute atomic E-state index is 12.3. The maximum Gasteiger partial charge on any atom is 0.315 e. The van der Waals surface area contributed by atoms with Gasteiger partial charge in [0.05, 0.1) is 6.54 Å². The van der Waals surface area contributed by atoms with Crippen LogP contribution in [0.1, 0.15) is 29.8 Å². The van der Waals surface area contributed by atoms with Gasteiger partial charge in [-0.25, -0.2) is 4.79 Å². The van der Waals surface area contributed by atoms with Crippen molar-refractivity contribution in [2.24, 2.45) is 0 Å². The van der Waals surface area contributed by atoms with Crippen molar-refractivity contribution in [3.63, 3.8) is 0 Å². The maximum atomic E-state index is 12.3. The summed E-state index contributed by atoms with van der Waals surface area (Å²) in [6, 6.07) is 13.4. The van der Waals surface area contributed by atoms with Gasteiger partial charge >= 0.3 is 6.03 Å². The van der Waals surface area contributed by atoms with Gasteiger partial charge in [-0.15, -0.1) is 0 Å². The van der Waals surface area contributed by atoms with Crippen molar-refractivity contribution < 1.29 is 14.4 Å². The summed E-state index contributed by atoms with van der Waals surface area (Å²) in [5.41, 5.74) is 2.03. The Hall–Kier alpha value is -3.06. The van der Waals surface area contributed by atoms with Crippen LogP contribution in [0.4, 0.5) is 10.5 Å². The molecule has 0 unspecified atom stereocenters. The Morgan fingerprint density at radius 3 is 2.17 bits per heavy atom. The lowest BCUT2D eigenvalue weighted by Gasteiger charge is -2.21. The SMILES string of the molecule is CC(C)N(C)C(=O)c1ccc(CNC(=O)NCC(=O)Nc2ccc(Cl)cc2)cc1. The zero-order chi connectivity index (χ0) is 21.4. The number of benzene rings is 2. The molecule has 29 heavy (non-hydrogen) atoms. The lowest BCUT2D eigenvalue weighted by Crippen LogP contribution is -2.39. The van der Waals surface area contributed by atoms with Gasteiger partial charge in [0.1, 0.15) is 0 Å². The zero-order valence-corrected chi connectivity index (χ0v) is 17.4. The van der Waals surface area contributed by atoms with E-state index in [0.29, 0.717) is 16.3 Å². The summed E-state index contributed by atoms with van der Waals surface area (Å²) in [6.45, 7) is 4.01. The summed E-state index contributed by atoms with van der Waals surface area (Å²) in [7, 11) is 1.76. The van der Waals surface area contributed by atoms with Crippen molar-refractivity contribution in [1.82, 2.24) is 15.5 Å². The molecule has 0 fully saturated rings. The molecular formula is C21H25ClN4O3. The van der Waals surface area contributed by atoms with Crippen molar-refractivity contribution >= 4 is 35.1 Å². The van der Waals surface area contributed by atoms with Crippen LogP contribution in [0.3, 0.4) is 0 Å². The normalized spacial score (nSPS) is 10.4. The molecule has 0 spiro atoms. The predicted molar refractivity (Wildman–Crippen MR) is 114 cm³/mol. The Morgan fingerprint density at radius 2 is 1.59 bits per heavy atom. The van der Waals surface area contributed by atoms with Crippen LogP contribution in [0.15, 0.2) is 48.5 Å². The summed E-state index contributed by atoms with van der Waals surface area (Å²) in [5, 5.41) is 8.39. The molecule has 0 heterocycles. The molecule has 3 N–H and O–H groups in total. The molecule has 4 amide bonds. The fraction of sp³-hybridized carbons (Fsp3) is 0.286. The van der Waals surface area contributed by atoms with Gasteiger partial charge in [0.15, 0.2) is 0 Å². The van der Waals surface area contributed by atoms with E-state index in [1.165, 1.54) is 0 Å². The number of nitrogens with one attached hydrogen (secondary N) is 3. The Labute approximate surface area is 175 Å². The van der Waals surface area contributed by atoms with E-state index in [0.717, 1.165) is 5.56 Å². The first-order valence-electron chi connectivity index (χ1n) is 9.19. The topological polar surface area (TPSA) is 90.5 Å². The number of amides is 4. The summed E-state index contributed by atoms with van der Waals surface area (Å²) in [6.07, 6.45) is 0. The number of hydrogen-bond acceptors (Lipinski definition) is 3. The number of urea groups is 1. The highest BCUT2D eigenvalue weighted by atomic mass is 35.5. The lowest BCUT2D eigenvalue weighted by atomic mass is 10.1. The average Bonchev–Trinajstić information content (AvgIpc) is 2.71. The molecule has 8 heteroatoms. The number of carbonyl (C=O) groups is 3. The number of rotatable bonds is 7. The summed E-state index contributed by atoms with van der Waals surface area (Å²) in [5.74, 6) is -0.399. The van der Waals surface area contributed by atoms with Crippen LogP contribution in [0.5, 0.6) is 0 Å².